The second-order valence-electron chi connectivity index (χ2n) is 3.71. The molecule has 0 N–H and O–H groups in total. The fourth-order valence-electron chi connectivity index (χ4n) is 2.07. The Morgan fingerprint density at radius 1 is 1.50 bits per heavy atom. The van der Waals surface area contributed by atoms with Crippen LogP contribution in [0.5, 0.6) is 0 Å². The molecule has 1 aliphatic heterocycles. The van der Waals surface area contributed by atoms with E-state index in [1.54, 1.807) is 11.0 Å². The molecule has 0 bridgehead atoms. The smallest absolute Gasteiger partial charge is 0.235 e. The molecule has 1 aliphatic rings. The van der Waals surface area contributed by atoms with Crippen molar-refractivity contribution in [1.29, 1.82) is 5.26 Å². The van der Waals surface area contributed by atoms with Gasteiger partial charge in [-0.25, -0.2) is 0 Å². The molecule has 1 aromatic rings. The van der Waals surface area contributed by atoms with Crippen molar-refractivity contribution in [3.63, 3.8) is 0 Å². The summed E-state index contributed by atoms with van der Waals surface area (Å²) in [6.07, 6.45) is 1.94. The van der Waals surface area contributed by atoms with Crippen LogP contribution >= 0.6 is 0 Å². The molecule has 1 unspecified atom stereocenters. The van der Waals surface area contributed by atoms with E-state index in [0.717, 1.165) is 11.3 Å². The van der Waals surface area contributed by atoms with Crippen LogP contribution in [0.3, 0.4) is 0 Å². The number of nitriles is 1. The van der Waals surface area contributed by atoms with Crippen LogP contribution in [0.25, 0.3) is 0 Å². The van der Waals surface area contributed by atoms with Crippen molar-refractivity contribution >= 4 is 11.6 Å². The number of benzene rings is 1. The molecule has 16 heavy (non-hydrogen) atoms. The molecule has 0 saturated carbocycles. The summed E-state index contributed by atoms with van der Waals surface area (Å²) < 4.78 is 0. The molecule has 0 aromatic heterocycles. The Labute approximate surface area is 94.6 Å². The standard InChI is InChI=1S/C13H12N2O/c1-2-9-15-12-6-4-3-5-10(12)11(7-8-14)13(15)16/h2-6,11H,1,7,9H2. The summed E-state index contributed by atoms with van der Waals surface area (Å²) in [7, 11) is 0. The highest BCUT2D eigenvalue weighted by Gasteiger charge is 2.35. The van der Waals surface area contributed by atoms with Crippen molar-refractivity contribution in [2.24, 2.45) is 0 Å². The van der Waals surface area contributed by atoms with Gasteiger partial charge in [0.2, 0.25) is 5.91 Å². The molecule has 3 heteroatoms. The van der Waals surface area contributed by atoms with Crippen molar-refractivity contribution in [3.8, 4) is 6.07 Å². The summed E-state index contributed by atoms with van der Waals surface area (Å²) >= 11 is 0. The molecule has 1 aromatic carbocycles. The van der Waals surface area contributed by atoms with Gasteiger partial charge in [-0.05, 0) is 11.6 Å². The molecular formula is C13H12N2O. The number of rotatable bonds is 3. The van der Waals surface area contributed by atoms with Crippen molar-refractivity contribution in [2.45, 2.75) is 12.3 Å². The summed E-state index contributed by atoms with van der Waals surface area (Å²) in [5.74, 6) is -0.302. The van der Waals surface area contributed by atoms with Crippen molar-refractivity contribution in [3.05, 3.63) is 42.5 Å². The third-order valence-corrected chi connectivity index (χ3v) is 2.77. The number of fused-ring (bicyclic) bond motifs is 1. The second kappa shape index (κ2) is 4.19. The molecule has 1 amide bonds. The lowest BCUT2D eigenvalue weighted by Gasteiger charge is -2.14. The van der Waals surface area contributed by atoms with Crippen LogP contribution in [0.1, 0.15) is 17.9 Å². The first-order valence-corrected chi connectivity index (χ1v) is 5.17. The van der Waals surface area contributed by atoms with Crippen LogP contribution in [0.15, 0.2) is 36.9 Å². The number of hydrogen-bond acceptors (Lipinski definition) is 2. The predicted molar refractivity (Wildman–Crippen MR) is 62.0 cm³/mol. The average Bonchev–Trinajstić information content (AvgIpc) is 2.56. The molecule has 0 radical (unpaired) electrons. The van der Waals surface area contributed by atoms with E-state index in [1.165, 1.54) is 0 Å². The van der Waals surface area contributed by atoms with Gasteiger partial charge in [-0.3, -0.25) is 4.79 Å². The maximum absolute atomic E-state index is 12.1. The Morgan fingerprint density at radius 2 is 2.25 bits per heavy atom. The van der Waals surface area contributed by atoms with E-state index in [0.29, 0.717) is 6.54 Å². The minimum atomic E-state index is -0.304. The summed E-state index contributed by atoms with van der Waals surface area (Å²) in [5, 5.41) is 8.75. The Hall–Kier alpha value is -2.08. The molecule has 1 heterocycles. The van der Waals surface area contributed by atoms with Crippen molar-refractivity contribution in [2.75, 3.05) is 11.4 Å². The van der Waals surface area contributed by atoms with Crippen LogP contribution in [0.4, 0.5) is 5.69 Å². The highest BCUT2D eigenvalue weighted by molar-refractivity contribution is 6.05. The lowest BCUT2D eigenvalue weighted by atomic mass is 9.98. The third kappa shape index (κ3) is 1.49. The molecule has 0 spiro atoms. The van der Waals surface area contributed by atoms with E-state index in [9.17, 15) is 4.79 Å². The summed E-state index contributed by atoms with van der Waals surface area (Å²) in [4.78, 5) is 13.8. The van der Waals surface area contributed by atoms with Crippen molar-refractivity contribution in [1.82, 2.24) is 0 Å². The van der Waals surface area contributed by atoms with Crippen molar-refractivity contribution < 1.29 is 4.79 Å². The second-order valence-corrected chi connectivity index (χ2v) is 3.71. The number of nitrogens with zero attached hydrogens (tertiary/aromatic N) is 2. The largest absolute Gasteiger partial charge is 0.308 e. The monoisotopic (exact) mass is 212 g/mol. The molecule has 0 saturated heterocycles. The van der Waals surface area contributed by atoms with Gasteiger partial charge in [-0.2, -0.15) is 5.26 Å². The molecule has 0 fully saturated rings. The molecule has 3 nitrogen and oxygen atoms in total. The fourth-order valence-corrected chi connectivity index (χ4v) is 2.07. The van der Waals surface area contributed by atoms with Crippen LogP contribution in [-0.2, 0) is 4.79 Å². The van der Waals surface area contributed by atoms with E-state index in [-0.39, 0.29) is 18.2 Å². The Morgan fingerprint density at radius 3 is 2.94 bits per heavy atom. The zero-order valence-corrected chi connectivity index (χ0v) is 8.89. The van der Waals surface area contributed by atoms with Gasteiger partial charge in [-0.15, -0.1) is 6.58 Å². The zero-order valence-electron chi connectivity index (χ0n) is 8.89. The molecule has 1 atom stereocenters. The number of carbonyl (C=O) groups is 1. The molecule has 80 valence electrons. The van der Waals surface area contributed by atoms with E-state index >= 15 is 0 Å². The van der Waals surface area contributed by atoms with Gasteiger partial charge in [0.15, 0.2) is 0 Å². The summed E-state index contributed by atoms with van der Waals surface area (Å²) in [6, 6.07) is 9.69. The maximum atomic E-state index is 12.1. The van der Waals surface area contributed by atoms with Crippen LogP contribution < -0.4 is 4.90 Å². The van der Waals surface area contributed by atoms with E-state index in [1.807, 2.05) is 24.3 Å². The van der Waals surface area contributed by atoms with Gasteiger partial charge in [0.1, 0.15) is 0 Å². The maximum Gasteiger partial charge on any atom is 0.235 e. The first-order chi connectivity index (χ1) is 7.79. The van der Waals surface area contributed by atoms with Crippen LogP contribution in [-0.4, -0.2) is 12.5 Å². The van der Waals surface area contributed by atoms with Gasteiger partial charge in [-0.1, -0.05) is 24.3 Å². The zero-order chi connectivity index (χ0) is 11.5. The normalized spacial score (nSPS) is 18.1. The quantitative estimate of drug-likeness (QED) is 0.721. The summed E-state index contributed by atoms with van der Waals surface area (Å²) in [6.45, 7) is 4.14. The highest BCUT2D eigenvalue weighted by atomic mass is 16.2. The van der Waals surface area contributed by atoms with Gasteiger partial charge >= 0.3 is 0 Å². The van der Waals surface area contributed by atoms with E-state index < -0.39 is 0 Å². The predicted octanol–water partition coefficient (Wildman–Crippen LogP) is 2.22. The third-order valence-electron chi connectivity index (χ3n) is 2.77. The van der Waals surface area contributed by atoms with Gasteiger partial charge in [0, 0.05) is 12.2 Å². The van der Waals surface area contributed by atoms with Gasteiger partial charge < -0.3 is 4.90 Å². The fraction of sp³-hybridized carbons (Fsp3) is 0.231. The Kier molecular flexibility index (Phi) is 2.74. The topological polar surface area (TPSA) is 44.1 Å². The Bertz CT molecular complexity index is 473. The molecule has 2 rings (SSSR count). The number of para-hydroxylation sites is 1. The minimum Gasteiger partial charge on any atom is -0.308 e. The number of anilines is 1. The minimum absolute atomic E-state index is 0.00245. The molecule has 0 aliphatic carbocycles. The number of carbonyl (C=O) groups excluding carboxylic acids is 1. The SMILES string of the molecule is C=CCN1C(=O)C(CC#N)c2ccccc21. The first-order valence-electron chi connectivity index (χ1n) is 5.17. The lowest BCUT2D eigenvalue weighted by Crippen LogP contribution is -2.28. The summed E-state index contributed by atoms with van der Waals surface area (Å²) in [5.41, 5.74) is 1.86. The highest BCUT2D eigenvalue weighted by Crippen LogP contribution is 2.38. The van der Waals surface area contributed by atoms with Gasteiger partial charge in [0.25, 0.3) is 0 Å². The molecular weight excluding hydrogens is 200 g/mol. The van der Waals surface area contributed by atoms with E-state index in [4.69, 9.17) is 5.26 Å². The van der Waals surface area contributed by atoms with Crippen LogP contribution in [0, 0.1) is 11.3 Å². The Balaban J connectivity index is 2.44. The average molecular weight is 212 g/mol. The number of amides is 1. The van der Waals surface area contributed by atoms with E-state index in [2.05, 4.69) is 12.6 Å². The lowest BCUT2D eigenvalue weighted by molar-refractivity contribution is -0.119. The van der Waals surface area contributed by atoms with Crippen LogP contribution in [0.2, 0.25) is 0 Å². The first kappa shape index (κ1) is 10.4. The van der Waals surface area contributed by atoms with Gasteiger partial charge in [0.05, 0.1) is 18.4 Å². The number of hydrogen-bond donors (Lipinski definition) is 0.